The predicted molar refractivity (Wildman–Crippen MR) is 72.3 cm³/mol. The summed E-state index contributed by atoms with van der Waals surface area (Å²) in [6.45, 7) is 2.22. The number of rotatable bonds is 4. The summed E-state index contributed by atoms with van der Waals surface area (Å²) < 4.78 is 5.76. The van der Waals surface area contributed by atoms with E-state index in [4.69, 9.17) is 15.7 Å². The van der Waals surface area contributed by atoms with Crippen molar-refractivity contribution in [3.8, 4) is 11.8 Å². The van der Waals surface area contributed by atoms with Gasteiger partial charge in [-0.05, 0) is 19.1 Å². The van der Waals surface area contributed by atoms with Gasteiger partial charge in [0.15, 0.2) is 0 Å². The number of hydrogen-bond donors (Lipinski definition) is 1. The Morgan fingerprint density at radius 3 is 2.84 bits per heavy atom. The van der Waals surface area contributed by atoms with Gasteiger partial charge >= 0.3 is 0 Å². The van der Waals surface area contributed by atoms with Gasteiger partial charge < -0.3 is 10.5 Å². The second-order valence-electron chi connectivity index (χ2n) is 4.24. The van der Waals surface area contributed by atoms with E-state index in [2.05, 4.69) is 11.1 Å². The van der Waals surface area contributed by atoms with Gasteiger partial charge in [-0.2, -0.15) is 5.26 Å². The average Bonchev–Trinajstić information content (AvgIpc) is 2.45. The van der Waals surface area contributed by atoms with Gasteiger partial charge in [-0.3, -0.25) is 0 Å². The molecule has 1 atom stereocenters. The van der Waals surface area contributed by atoms with Gasteiger partial charge in [0.25, 0.3) is 0 Å². The van der Waals surface area contributed by atoms with Crippen LogP contribution in [0.15, 0.2) is 42.6 Å². The number of nitrogens with zero attached hydrogens (tertiary/aromatic N) is 2. The summed E-state index contributed by atoms with van der Waals surface area (Å²) in [6, 6.07) is 13.2. The minimum atomic E-state index is -0.0967. The van der Waals surface area contributed by atoms with Crippen LogP contribution >= 0.6 is 0 Å². The second kappa shape index (κ2) is 5.98. The monoisotopic (exact) mass is 253 g/mol. The van der Waals surface area contributed by atoms with Crippen LogP contribution in [0.5, 0.6) is 5.75 Å². The van der Waals surface area contributed by atoms with Crippen molar-refractivity contribution in [3.05, 3.63) is 59.4 Å². The fourth-order valence-corrected chi connectivity index (χ4v) is 1.80. The van der Waals surface area contributed by atoms with Crippen molar-refractivity contribution < 1.29 is 4.74 Å². The maximum Gasteiger partial charge on any atom is 0.147 e. The molecule has 0 aliphatic carbocycles. The van der Waals surface area contributed by atoms with E-state index in [1.165, 1.54) is 0 Å². The fourth-order valence-electron chi connectivity index (χ4n) is 1.80. The highest BCUT2D eigenvalue weighted by molar-refractivity contribution is 5.36. The third-order valence-electron chi connectivity index (χ3n) is 2.79. The lowest BCUT2D eigenvalue weighted by molar-refractivity contribution is 0.300. The number of hydrogen-bond acceptors (Lipinski definition) is 4. The Balaban J connectivity index is 2.18. The zero-order valence-corrected chi connectivity index (χ0v) is 10.7. The van der Waals surface area contributed by atoms with Gasteiger partial charge in [0, 0.05) is 23.4 Å². The Kier molecular flexibility index (Phi) is 4.11. The van der Waals surface area contributed by atoms with Gasteiger partial charge in [-0.1, -0.05) is 24.3 Å². The first-order valence-corrected chi connectivity index (χ1v) is 6.03. The molecule has 2 rings (SSSR count). The first kappa shape index (κ1) is 13.1. The van der Waals surface area contributed by atoms with E-state index in [1.54, 1.807) is 12.3 Å². The molecule has 0 saturated heterocycles. The summed E-state index contributed by atoms with van der Waals surface area (Å²) in [5.41, 5.74) is 8.00. The van der Waals surface area contributed by atoms with Crippen molar-refractivity contribution in [2.24, 2.45) is 5.73 Å². The molecular formula is C15H15N3O. The van der Waals surface area contributed by atoms with Crippen molar-refractivity contribution in [2.75, 3.05) is 0 Å². The lowest BCUT2D eigenvalue weighted by Gasteiger charge is -2.14. The second-order valence-corrected chi connectivity index (χ2v) is 4.24. The van der Waals surface area contributed by atoms with Crippen molar-refractivity contribution >= 4 is 0 Å². The van der Waals surface area contributed by atoms with E-state index in [0.29, 0.717) is 12.3 Å². The van der Waals surface area contributed by atoms with Crippen LogP contribution in [-0.2, 0) is 6.61 Å². The van der Waals surface area contributed by atoms with Crippen LogP contribution in [0.1, 0.15) is 29.8 Å². The summed E-state index contributed by atoms with van der Waals surface area (Å²) in [5, 5.41) is 8.97. The molecule has 0 bridgehead atoms. The Bertz CT molecular complexity index is 602. The van der Waals surface area contributed by atoms with E-state index < -0.39 is 0 Å². The predicted octanol–water partition coefficient (Wildman–Crippen LogP) is 2.55. The molecule has 96 valence electrons. The summed E-state index contributed by atoms with van der Waals surface area (Å²) in [4.78, 5) is 4.00. The average molecular weight is 253 g/mol. The lowest BCUT2D eigenvalue weighted by atomic mass is 10.1. The smallest absolute Gasteiger partial charge is 0.147 e. The molecule has 1 aromatic carbocycles. The molecule has 2 aromatic rings. The molecule has 0 saturated carbocycles. The molecule has 4 heteroatoms. The molecular weight excluding hydrogens is 238 g/mol. The van der Waals surface area contributed by atoms with Gasteiger partial charge in [0.2, 0.25) is 0 Å². The summed E-state index contributed by atoms with van der Waals surface area (Å²) >= 11 is 0. The standard InChI is InChI=1S/C15H15N3O/c1-11(17)13-6-2-3-7-15(13)19-10-12-5-4-8-18-14(12)9-16/h2-8,11H,10,17H2,1H3/t11-/m1/s1. The van der Waals surface area contributed by atoms with Crippen LogP contribution in [-0.4, -0.2) is 4.98 Å². The van der Waals surface area contributed by atoms with Crippen molar-refractivity contribution in [2.45, 2.75) is 19.6 Å². The Morgan fingerprint density at radius 2 is 2.11 bits per heavy atom. The largest absolute Gasteiger partial charge is 0.488 e. The number of nitriles is 1. The van der Waals surface area contributed by atoms with Crippen LogP contribution in [0.25, 0.3) is 0 Å². The summed E-state index contributed by atoms with van der Waals surface area (Å²) in [5.74, 6) is 0.741. The molecule has 0 aliphatic rings. The van der Waals surface area contributed by atoms with Crippen LogP contribution in [0.2, 0.25) is 0 Å². The molecule has 2 N–H and O–H groups in total. The Hall–Kier alpha value is -2.38. The van der Waals surface area contributed by atoms with Crippen LogP contribution in [0, 0.1) is 11.3 Å². The minimum absolute atomic E-state index is 0.0967. The maximum absolute atomic E-state index is 8.97. The maximum atomic E-state index is 8.97. The molecule has 0 fully saturated rings. The summed E-state index contributed by atoms with van der Waals surface area (Å²) in [7, 11) is 0. The van der Waals surface area contributed by atoms with Crippen molar-refractivity contribution in [3.63, 3.8) is 0 Å². The highest BCUT2D eigenvalue weighted by Gasteiger charge is 2.08. The fraction of sp³-hybridized carbons (Fsp3) is 0.200. The SMILES string of the molecule is C[C@@H](N)c1ccccc1OCc1cccnc1C#N. The molecule has 0 radical (unpaired) electrons. The molecule has 1 heterocycles. The number of ether oxygens (including phenoxy) is 1. The Labute approximate surface area is 112 Å². The first-order chi connectivity index (χ1) is 9.22. The van der Waals surface area contributed by atoms with Crippen molar-refractivity contribution in [1.29, 1.82) is 5.26 Å². The third kappa shape index (κ3) is 3.09. The highest BCUT2D eigenvalue weighted by atomic mass is 16.5. The highest BCUT2D eigenvalue weighted by Crippen LogP contribution is 2.24. The van der Waals surface area contributed by atoms with Gasteiger partial charge in [-0.15, -0.1) is 0 Å². The number of nitrogens with two attached hydrogens (primary N) is 1. The zero-order chi connectivity index (χ0) is 13.7. The van der Waals surface area contributed by atoms with Crippen LogP contribution < -0.4 is 10.5 Å². The third-order valence-corrected chi connectivity index (χ3v) is 2.79. The number of pyridine rings is 1. The molecule has 0 aliphatic heterocycles. The van der Waals surface area contributed by atoms with Gasteiger partial charge in [0.1, 0.15) is 24.1 Å². The van der Waals surface area contributed by atoms with E-state index in [-0.39, 0.29) is 6.04 Å². The molecule has 0 amide bonds. The van der Waals surface area contributed by atoms with E-state index in [1.807, 2.05) is 37.3 Å². The molecule has 19 heavy (non-hydrogen) atoms. The molecule has 0 unspecified atom stereocenters. The molecule has 1 aromatic heterocycles. The lowest BCUT2D eigenvalue weighted by Crippen LogP contribution is -2.08. The van der Waals surface area contributed by atoms with E-state index in [0.717, 1.165) is 16.9 Å². The van der Waals surface area contributed by atoms with Crippen molar-refractivity contribution in [1.82, 2.24) is 4.98 Å². The van der Waals surface area contributed by atoms with Gasteiger partial charge in [-0.25, -0.2) is 4.98 Å². The topological polar surface area (TPSA) is 71.9 Å². The zero-order valence-electron chi connectivity index (χ0n) is 10.7. The normalized spacial score (nSPS) is 11.6. The number of aromatic nitrogens is 1. The van der Waals surface area contributed by atoms with Crippen LogP contribution in [0.4, 0.5) is 0 Å². The minimum Gasteiger partial charge on any atom is -0.488 e. The van der Waals surface area contributed by atoms with E-state index in [9.17, 15) is 0 Å². The van der Waals surface area contributed by atoms with E-state index >= 15 is 0 Å². The molecule has 4 nitrogen and oxygen atoms in total. The Morgan fingerprint density at radius 1 is 1.32 bits per heavy atom. The van der Waals surface area contributed by atoms with Crippen LogP contribution in [0.3, 0.4) is 0 Å². The van der Waals surface area contributed by atoms with Gasteiger partial charge in [0.05, 0.1) is 0 Å². The quantitative estimate of drug-likeness (QED) is 0.908. The molecule has 0 spiro atoms. The number of para-hydroxylation sites is 1. The first-order valence-electron chi connectivity index (χ1n) is 6.03. The number of benzene rings is 1. The summed E-state index contributed by atoms with van der Waals surface area (Å²) in [6.07, 6.45) is 1.60.